The molecule has 19 heavy (non-hydrogen) atoms. The largest absolute Gasteiger partial charge is 0.296 e. The first kappa shape index (κ1) is 6.66. The van der Waals surface area contributed by atoms with Crippen molar-refractivity contribution in [2.24, 2.45) is 0 Å². The Kier molecular flexibility index (Phi) is 1.53. The fourth-order valence-electron chi connectivity index (χ4n) is 1.92. The number of aryl methyl sites for hydroxylation is 1. The Bertz CT molecular complexity index is 989. The Labute approximate surface area is 120 Å². The normalized spacial score (nSPS) is 16.1. The molecule has 0 atom stereocenters. The number of nitrogens with zero attached hydrogens (tertiary/aromatic N) is 2. The van der Waals surface area contributed by atoms with Crippen LogP contribution >= 0.6 is 0 Å². The van der Waals surface area contributed by atoms with E-state index in [1.807, 2.05) is 19.1 Å². The molecule has 0 unspecified atom stereocenters. The number of aromatic nitrogens is 2. The summed E-state index contributed by atoms with van der Waals surface area (Å²) in [4.78, 5) is 15.9. The lowest BCUT2D eigenvalue weighted by atomic mass is 10.1. The molecule has 0 amide bonds. The van der Waals surface area contributed by atoms with E-state index in [2.05, 4.69) is 4.98 Å². The highest BCUT2D eigenvalue weighted by atomic mass is 16.1. The lowest BCUT2D eigenvalue weighted by Crippen LogP contribution is -1.93. The van der Waals surface area contributed by atoms with Gasteiger partial charge >= 0.3 is 0 Å². The van der Waals surface area contributed by atoms with Gasteiger partial charge in [-0.3, -0.25) is 9.20 Å². The fraction of sp³-hybridized carbons (Fsp3) is 0.125. The first-order valence-corrected chi connectivity index (χ1v) is 5.71. The second-order valence-electron chi connectivity index (χ2n) is 4.23. The second-order valence-corrected chi connectivity index (χ2v) is 4.23. The topological polar surface area (TPSA) is 34.4 Å². The maximum atomic E-state index is 11.7. The van der Waals surface area contributed by atoms with E-state index in [9.17, 15) is 4.79 Å². The predicted molar refractivity (Wildman–Crippen MR) is 75.5 cm³/mol. The van der Waals surface area contributed by atoms with E-state index < -0.39 is 30.7 Å². The quantitative estimate of drug-likeness (QED) is 0.658. The number of aldehydes is 1. The molecule has 0 radical (unpaired) electrons. The highest BCUT2D eigenvalue weighted by Gasteiger charge is 2.13. The molecule has 94 valence electrons. The summed E-state index contributed by atoms with van der Waals surface area (Å²) in [6.07, 6.45) is -0.0384. The molecule has 0 fully saturated rings. The van der Waals surface area contributed by atoms with Crippen LogP contribution in [0.2, 0.25) is 0 Å². The summed E-state index contributed by atoms with van der Waals surface area (Å²) in [5, 5.41) is 0. The Hall–Kier alpha value is -2.42. The van der Waals surface area contributed by atoms with Crippen LogP contribution in [0.5, 0.6) is 0 Å². The van der Waals surface area contributed by atoms with Crippen molar-refractivity contribution in [3.63, 3.8) is 0 Å². The van der Waals surface area contributed by atoms with Crippen LogP contribution in [0.15, 0.2) is 42.5 Å². The van der Waals surface area contributed by atoms with E-state index in [0.717, 1.165) is 9.96 Å². The van der Waals surface area contributed by atoms with Crippen LogP contribution in [0.4, 0.5) is 0 Å². The van der Waals surface area contributed by atoms with Crippen molar-refractivity contribution in [1.29, 1.82) is 0 Å². The van der Waals surface area contributed by atoms with Gasteiger partial charge in [0.1, 0.15) is 17.0 Å². The van der Waals surface area contributed by atoms with Crippen molar-refractivity contribution in [3.8, 4) is 11.3 Å². The minimum absolute atomic E-state index is 0.0112. The van der Waals surface area contributed by atoms with Gasteiger partial charge in [-0.1, -0.05) is 35.9 Å². The van der Waals surface area contributed by atoms with E-state index >= 15 is 0 Å². The van der Waals surface area contributed by atoms with Gasteiger partial charge in [-0.15, -0.1) is 0 Å². The molecule has 3 nitrogen and oxygen atoms in total. The van der Waals surface area contributed by atoms with Crippen LogP contribution < -0.4 is 0 Å². The van der Waals surface area contributed by atoms with Crippen LogP contribution in [0.3, 0.4) is 0 Å². The third kappa shape index (κ3) is 1.93. The lowest BCUT2D eigenvalue weighted by Gasteiger charge is -2.00. The number of hydrogen-bond donors (Lipinski definition) is 0. The van der Waals surface area contributed by atoms with Crippen molar-refractivity contribution in [3.05, 3.63) is 59.3 Å². The molecule has 0 saturated carbocycles. The van der Waals surface area contributed by atoms with Crippen molar-refractivity contribution >= 4 is 11.9 Å². The van der Waals surface area contributed by atoms with E-state index in [-0.39, 0.29) is 17.0 Å². The van der Waals surface area contributed by atoms with Crippen molar-refractivity contribution in [2.75, 3.05) is 0 Å². The van der Waals surface area contributed by atoms with Gasteiger partial charge in [0.05, 0.1) is 4.11 Å². The monoisotopic (exact) mass is 256 g/mol. The van der Waals surface area contributed by atoms with E-state index in [1.165, 1.54) is 0 Å². The Morgan fingerprint density at radius 3 is 2.74 bits per heavy atom. The number of imidazole rings is 1. The van der Waals surface area contributed by atoms with Gasteiger partial charge in [-0.05, 0) is 25.4 Å². The summed E-state index contributed by atoms with van der Waals surface area (Å²) in [7, 11) is 0. The third-order valence-electron chi connectivity index (χ3n) is 2.87. The van der Waals surface area contributed by atoms with E-state index in [4.69, 9.17) is 8.22 Å². The van der Waals surface area contributed by atoms with Crippen LogP contribution in [0.25, 0.3) is 16.9 Å². The maximum Gasteiger partial charge on any atom is 0.169 e. The highest BCUT2D eigenvalue weighted by molar-refractivity contribution is 5.86. The molecular formula is C16H14N2O. The fourth-order valence-corrected chi connectivity index (χ4v) is 1.92. The molecule has 0 N–H and O–H groups in total. The van der Waals surface area contributed by atoms with Gasteiger partial charge in [0.15, 0.2) is 6.29 Å². The molecule has 0 aliphatic carbocycles. The van der Waals surface area contributed by atoms with Crippen LogP contribution in [-0.4, -0.2) is 15.7 Å². The van der Waals surface area contributed by atoms with Crippen molar-refractivity contribution in [2.45, 2.75) is 13.8 Å². The van der Waals surface area contributed by atoms with Crippen LogP contribution in [0.1, 0.15) is 29.8 Å². The molecule has 2 aromatic heterocycles. The van der Waals surface area contributed by atoms with Crippen LogP contribution in [0, 0.1) is 13.8 Å². The van der Waals surface area contributed by atoms with Gasteiger partial charge in [0, 0.05) is 15.8 Å². The van der Waals surface area contributed by atoms with Gasteiger partial charge < -0.3 is 0 Å². The molecule has 3 rings (SSSR count). The van der Waals surface area contributed by atoms with Crippen LogP contribution in [-0.2, 0) is 0 Å². The first-order chi connectivity index (χ1) is 11.7. The summed E-state index contributed by atoms with van der Waals surface area (Å²) in [5.41, 5.74) is 1.21. The van der Waals surface area contributed by atoms with Gasteiger partial charge in [0.2, 0.25) is 0 Å². The number of benzene rings is 1. The lowest BCUT2D eigenvalue weighted by molar-refractivity contribution is 0.111. The summed E-state index contributed by atoms with van der Waals surface area (Å²) in [6, 6.07) is 6.17. The molecule has 0 aliphatic heterocycles. The summed E-state index contributed by atoms with van der Waals surface area (Å²) in [5.74, 6) is 0. The Morgan fingerprint density at radius 1 is 1.26 bits per heavy atom. The maximum absolute atomic E-state index is 11.7. The zero-order chi connectivity index (χ0) is 18.5. The van der Waals surface area contributed by atoms with Gasteiger partial charge in [-0.2, -0.15) is 0 Å². The second kappa shape index (κ2) is 4.35. The Balaban J connectivity index is 2.45. The number of fused-ring (bicyclic) bond motifs is 1. The molecule has 0 spiro atoms. The summed E-state index contributed by atoms with van der Waals surface area (Å²) >= 11 is 0. The molecule has 3 heteroatoms. The summed E-state index contributed by atoms with van der Waals surface area (Å²) < 4.78 is 47.8. The van der Waals surface area contributed by atoms with Crippen molar-refractivity contribution < 1.29 is 13.0 Å². The SMILES string of the molecule is [2H]c1c(C([2H])([2H])[2H])c([2H])n2c(C=O)c(-c3ccc(C)cc3)nc2c1[2H]. The van der Waals surface area contributed by atoms with Crippen molar-refractivity contribution in [1.82, 2.24) is 9.38 Å². The molecule has 1 aromatic carbocycles. The standard InChI is InChI=1S/C16H14N2O/c1-11-3-6-13(7-4-11)16-14(10-19)18-9-12(2)5-8-15(18)17-16/h3-10H,1-2H3/i2D3,5D,8D,9D. The minimum Gasteiger partial charge on any atom is -0.296 e. The average molecular weight is 256 g/mol. The molecule has 2 heterocycles. The summed E-state index contributed by atoms with van der Waals surface area (Å²) in [6.45, 7) is -0.834. The molecule has 0 bridgehead atoms. The molecule has 3 aromatic rings. The zero-order valence-electron chi connectivity index (χ0n) is 16.2. The van der Waals surface area contributed by atoms with E-state index in [1.54, 1.807) is 12.1 Å². The average Bonchev–Trinajstić information content (AvgIpc) is 2.92. The molecular weight excluding hydrogens is 236 g/mol. The van der Waals surface area contributed by atoms with Gasteiger partial charge in [-0.25, -0.2) is 4.98 Å². The molecule has 0 aliphatic rings. The number of carbonyl (C=O) groups is 1. The number of carbonyl (C=O) groups excluding carboxylic acids is 1. The Morgan fingerprint density at radius 2 is 2.05 bits per heavy atom. The first-order valence-electron chi connectivity index (χ1n) is 8.71. The zero-order valence-corrected chi connectivity index (χ0v) is 10.2. The van der Waals surface area contributed by atoms with Gasteiger partial charge in [0.25, 0.3) is 0 Å². The number of rotatable bonds is 2. The predicted octanol–water partition coefficient (Wildman–Crippen LogP) is 3.43. The number of pyridine rings is 1. The highest BCUT2D eigenvalue weighted by Crippen LogP contribution is 2.24. The smallest absolute Gasteiger partial charge is 0.169 e. The minimum atomic E-state index is -2.74. The van der Waals surface area contributed by atoms with E-state index in [0.29, 0.717) is 11.8 Å². The molecule has 0 saturated heterocycles. The number of hydrogen-bond acceptors (Lipinski definition) is 2. The third-order valence-corrected chi connectivity index (χ3v) is 2.87.